The van der Waals surface area contributed by atoms with E-state index < -0.39 is 11.7 Å². The topological polar surface area (TPSA) is 12.0 Å². The molecule has 0 aromatic heterocycles. The number of thioether (sulfide) groups is 1. The Hall–Kier alpha value is -0.550. The molecule has 1 rings (SSSR count). The number of hydrogen-bond acceptors (Lipinski definition) is 2. The Kier molecular flexibility index (Phi) is 5.46. The molecule has 0 unspecified atom stereocenters. The Labute approximate surface area is 108 Å². The number of rotatable bonds is 5. The average Bonchev–Trinajstić information content (AvgIpc) is 2.22. The Bertz CT molecular complexity index is 368. The third-order valence-corrected chi connectivity index (χ3v) is 3.12. The van der Waals surface area contributed by atoms with Crippen molar-refractivity contribution in [3.05, 3.63) is 28.8 Å². The Balaban J connectivity index is 2.69. The maximum atomic E-state index is 12.5. The van der Waals surface area contributed by atoms with Gasteiger partial charge in [0.25, 0.3) is 0 Å². The standard InChI is InChI=1S/C11H13ClF3NS/c1-2-17-4-3-16-10-6-8(11(13,14)15)5-9(12)7-10/h5-7,16H,2-4H2,1H3. The lowest BCUT2D eigenvalue weighted by atomic mass is 10.2. The summed E-state index contributed by atoms with van der Waals surface area (Å²) in [7, 11) is 0. The van der Waals surface area contributed by atoms with Gasteiger partial charge in [0.1, 0.15) is 0 Å². The Morgan fingerprint density at radius 2 is 2.00 bits per heavy atom. The van der Waals surface area contributed by atoms with E-state index in [1.807, 2.05) is 6.92 Å². The van der Waals surface area contributed by atoms with Crippen molar-refractivity contribution in [1.82, 2.24) is 0 Å². The highest BCUT2D eigenvalue weighted by atomic mass is 35.5. The molecule has 0 bridgehead atoms. The summed E-state index contributed by atoms with van der Waals surface area (Å²) in [6.45, 7) is 2.65. The lowest BCUT2D eigenvalue weighted by Crippen LogP contribution is -2.08. The third kappa shape index (κ3) is 5.08. The molecule has 0 spiro atoms. The average molecular weight is 284 g/mol. The van der Waals surface area contributed by atoms with Crippen molar-refractivity contribution in [2.45, 2.75) is 13.1 Å². The van der Waals surface area contributed by atoms with Gasteiger partial charge in [0.2, 0.25) is 0 Å². The first-order valence-electron chi connectivity index (χ1n) is 5.13. The van der Waals surface area contributed by atoms with Crippen molar-refractivity contribution in [2.75, 3.05) is 23.4 Å². The first-order valence-corrected chi connectivity index (χ1v) is 6.66. The van der Waals surface area contributed by atoms with Crippen LogP contribution < -0.4 is 5.32 Å². The largest absolute Gasteiger partial charge is 0.416 e. The van der Waals surface area contributed by atoms with E-state index in [0.717, 1.165) is 23.6 Å². The van der Waals surface area contributed by atoms with Gasteiger partial charge in [0.15, 0.2) is 0 Å². The molecule has 0 aliphatic carbocycles. The summed E-state index contributed by atoms with van der Waals surface area (Å²) >= 11 is 7.37. The first-order chi connectivity index (χ1) is 7.93. The van der Waals surface area contributed by atoms with Crippen LogP contribution in [-0.2, 0) is 6.18 Å². The van der Waals surface area contributed by atoms with Gasteiger partial charge in [-0.1, -0.05) is 18.5 Å². The van der Waals surface area contributed by atoms with Gasteiger partial charge in [0.05, 0.1) is 5.56 Å². The number of anilines is 1. The minimum absolute atomic E-state index is 0.0884. The van der Waals surface area contributed by atoms with Crippen LogP contribution in [0.2, 0.25) is 5.02 Å². The smallest absolute Gasteiger partial charge is 0.384 e. The minimum Gasteiger partial charge on any atom is -0.384 e. The molecule has 0 heterocycles. The fraction of sp³-hybridized carbons (Fsp3) is 0.455. The van der Waals surface area contributed by atoms with Gasteiger partial charge in [0, 0.05) is 23.0 Å². The summed E-state index contributed by atoms with van der Waals surface area (Å²) in [5, 5.41) is 3.02. The van der Waals surface area contributed by atoms with E-state index in [1.165, 1.54) is 6.07 Å². The van der Waals surface area contributed by atoms with Crippen LogP contribution in [0.3, 0.4) is 0 Å². The van der Waals surface area contributed by atoms with Crippen molar-refractivity contribution in [3.8, 4) is 0 Å². The van der Waals surface area contributed by atoms with Gasteiger partial charge in [-0.2, -0.15) is 24.9 Å². The van der Waals surface area contributed by atoms with Crippen LogP contribution in [0, 0.1) is 0 Å². The quantitative estimate of drug-likeness (QED) is 0.797. The van der Waals surface area contributed by atoms with Crippen molar-refractivity contribution in [3.63, 3.8) is 0 Å². The van der Waals surface area contributed by atoms with Gasteiger partial charge < -0.3 is 5.32 Å². The van der Waals surface area contributed by atoms with E-state index in [4.69, 9.17) is 11.6 Å². The highest BCUT2D eigenvalue weighted by Crippen LogP contribution is 2.33. The SMILES string of the molecule is CCSCCNc1cc(Cl)cc(C(F)(F)F)c1. The van der Waals surface area contributed by atoms with Crippen LogP contribution in [0.4, 0.5) is 18.9 Å². The fourth-order valence-electron chi connectivity index (χ4n) is 1.27. The second-order valence-electron chi connectivity index (χ2n) is 3.35. The predicted octanol–water partition coefficient (Wildman–Crippen LogP) is 4.52. The van der Waals surface area contributed by atoms with Gasteiger partial charge in [-0.15, -0.1) is 0 Å². The zero-order valence-corrected chi connectivity index (χ0v) is 10.8. The number of nitrogens with one attached hydrogen (secondary N) is 1. The molecule has 1 aromatic rings. The van der Waals surface area contributed by atoms with Crippen LogP contribution in [-0.4, -0.2) is 18.1 Å². The summed E-state index contributed by atoms with van der Waals surface area (Å²) in [5.74, 6) is 1.84. The van der Waals surface area contributed by atoms with E-state index in [9.17, 15) is 13.2 Å². The molecule has 0 saturated heterocycles. The molecule has 0 aliphatic rings. The molecular weight excluding hydrogens is 271 g/mol. The zero-order valence-electron chi connectivity index (χ0n) is 9.27. The summed E-state index contributed by atoms with van der Waals surface area (Å²) in [6.07, 6.45) is -4.36. The van der Waals surface area contributed by atoms with E-state index in [-0.39, 0.29) is 5.02 Å². The molecule has 0 atom stereocenters. The summed E-state index contributed by atoms with van der Waals surface area (Å²) < 4.78 is 37.5. The van der Waals surface area contributed by atoms with Crippen molar-refractivity contribution in [2.24, 2.45) is 0 Å². The zero-order chi connectivity index (χ0) is 12.9. The van der Waals surface area contributed by atoms with Crippen LogP contribution in [0.15, 0.2) is 18.2 Å². The van der Waals surface area contributed by atoms with Crippen molar-refractivity contribution >= 4 is 29.1 Å². The molecule has 0 amide bonds. The number of benzene rings is 1. The maximum Gasteiger partial charge on any atom is 0.416 e. The molecule has 1 aromatic carbocycles. The van der Waals surface area contributed by atoms with Gasteiger partial charge >= 0.3 is 6.18 Å². The third-order valence-electron chi connectivity index (χ3n) is 2.00. The van der Waals surface area contributed by atoms with Gasteiger partial charge in [-0.3, -0.25) is 0 Å². The normalized spacial score (nSPS) is 11.6. The molecule has 17 heavy (non-hydrogen) atoms. The molecule has 96 valence electrons. The molecule has 0 fully saturated rings. The Morgan fingerprint density at radius 3 is 2.59 bits per heavy atom. The van der Waals surface area contributed by atoms with Crippen LogP contribution >= 0.6 is 23.4 Å². The molecular formula is C11H13ClF3NS. The molecule has 0 saturated carbocycles. The summed E-state index contributed by atoms with van der Waals surface area (Å²) in [4.78, 5) is 0. The first kappa shape index (κ1) is 14.5. The van der Waals surface area contributed by atoms with Crippen LogP contribution in [0.5, 0.6) is 0 Å². The minimum atomic E-state index is -4.36. The van der Waals surface area contributed by atoms with E-state index >= 15 is 0 Å². The molecule has 6 heteroatoms. The molecule has 0 radical (unpaired) electrons. The summed E-state index contributed by atoms with van der Waals surface area (Å²) in [5.41, 5.74) is -0.322. The molecule has 1 N–H and O–H groups in total. The number of halogens is 4. The summed E-state index contributed by atoms with van der Waals surface area (Å²) in [6, 6.07) is 3.49. The maximum absolute atomic E-state index is 12.5. The van der Waals surface area contributed by atoms with Crippen LogP contribution in [0.25, 0.3) is 0 Å². The number of alkyl halides is 3. The van der Waals surface area contributed by atoms with E-state index in [0.29, 0.717) is 12.2 Å². The second kappa shape index (κ2) is 6.40. The number of hydrogen-bond donors (Lipinski definition) is 1. The fourth-order valence-corrected chi connectivity index (χ4v) is 2.04. The lowest BCUT2D eigenvalue weighted by molar-refractivity contribution is -0.137. The second-order valence-corrected chi connectivity index (χ2v) is 5.18. The van der Waals surface area contributed by atoms with E-state index in [1.54, 1.807) is 11.8 Å². The highest BCUT2D eigenvalue weighted by molar-refractivity contribution is 7.99. The van der Waals surface area contributed by atoms with Crippen LogP contribution in [0.1, 0.15) is 12.5 Å². The highest BCUT2D eigenvalue weighted by Gasteiger charge is 2.31. The molecule has 0 aliphatic heterocycles. The lowest BCUT2D eigenvalue weighted by Gasteiger charge is -2.11. The van der Waals surface area contributed by atoms with Gasteiger partial charge in [-0.05, 0) is 24.0 Å². The van der Waals surface area contributed by atoms with Crippen molar-refractivity contribution in [1.29, 1.82) is 0 Å². The molecule has 1 nitrogen and oxygen atoms in total. The predicted molar refractivity (Wildman–Crippen MR) is 67.9 cm³/mol. The van der Waals surface area contributed by atoms with E-state index in [2.05, 4.69) is 5.32 Å². The van der Waals surface area contributed by atoms with Gasteiger partial charge in [-0.25, -0.2) is 0 Å². The monoisotopic (exact) mass is 283 g/mol. The van der Waals surface area contributed by atoms with Crippen molar-refractivity contribution < 1.29 is 13.2 Å². The Morgan fingerprint density at radius 1 is 1.29 bits per heavy atom.